The van der Waals surface area contributed by atoms with Gasteiger partial charge in [-0.1, -0.05) is 23.2 Å². The van der Waals surface area contributed by atoms with Crippen LogP contribution in [0.25, 0.3) is 0 Å². The monoisotopic (exact) mass is 247 g/mol. The predicted octanol–water partition coefficient (Wildman–Crippen LogP) is 3.56. The maximum absolute atomic E-state index is 9.77. The van der Waals surface area contributed by atoms with Gasteiger partial charge in [-0.3, -0.25) is 0 Å². The Morgan fingerprint density at radius 1 is 1.33 bits per heavy atom. The van der Waals surface area contributed by atoms with E-state index in [0.29, 0.717) is 10.0 Å². The number of aliphatic hydroxyl groups is 1. The molecule has 0 aliphatic rings. The molecule has 0 heterocycles. The molecule has 1 unspecified atom stereocenters. The number of hydrogen-bond donors (Lipinski definition) is 2. The summed E-state index contributed by atoms with van der Waals surface area (Å²) in [6.45, 7) is 5.36. The Bertz CT molecular complexity index is 347. The van der Waals surface area contributed by atoms with E-state index in [1.165, 1.54) is 0 Å². The first-order valence-corrected chi connectivity index (χ1v) is 5.50. The van der Waals surface area contributed by atoms with Crippen molar-refractivity contribution in [2.24, 2.45) is 0 Å². The topological polar surface area (TPSA) is 32.3 Å². The van der Waals surface area contributed by atoms with Crippen LogP contribution in [0.5, 0.6) is 0 Å². The van der Waals surface area contributed by atoms with Gasteiger partial charge in [-0.2, -0.15) is 0 Å². The number of halogens is 2. The molecule has 0 saturated carbocycles. The van der Waals surface area contributed by atoms with E-state index in [2.05, 4.69) is 5.32 Å². The summed E-state index contributed by atoms with van der Waals surface area (Å²) in [5.41, 5.74) is -0.0789. The van der Waals surface area contributed by atoms with Crippen LogP contribution in [-0.2, 0) is 0 Å². The molecular formula is C11H15Cl2NO. The largest absolute Gasteiger partial charge is 0.388 e. The molecule has 2 N–H and O–H groups in total. The van der Waals surface area contributed by atoms with Gasteiger partial charge in [0.1, 0.15) is 0 Å². The summed E-state index contributed by atoms with van der Waals surface area (Å²) in [5, 5.41) is 14.1. The van der Waals surface area contributed by atoms with E-state index in [9.17, 15) is 5.11 Å². The minimum absolute atomic E-state index is 0.117. The van der Waals surface area contributed by atoms with Gasteiger partial charge in [0.25, 0.3) is 0 Å². The van der Waals surface area contributed by atoms with Crippen molar-refractivity contribution in [2.45, 2.75) is 32.4 Å². The Labute approximate surface area is 100 Å². The summed E-state index contributed by atoms with van der Waals surface area (Å²) in [5.74, 6) is 0. The van der Waals surface area contributed by atoms with Crippen molar-refractivity contribution >= 4 is 28.9 Å². The van der Waals surface area contributed by atoms with E-state index in [1.54, 1.807) is 32.0 Å². The summed E-state index contributed by atoms with van der Waals surface area (Å²) in [6.07, 6.45) is 0. The summed E-state index contributed by atoms with van der Waals surface area (Å²) in [4.78, 5) is 0. The highest BCUT2D eigenvalue weighted by Gasteiger charge is 2.22. The maximum Gasteiger partial charge on any atom is 0.0789 e. The van der Waals surface area contributed by atoms with E-state index >= 15 is 0 Å². The first-order valence-electron chi connectivity index (χ1n) is 4.74. The van der Waals surface area contributed by atoms with E-state index in [1.807, 2.05) is 6.92 Å². The molecule has 0 saturated heterocycles. The Balaban J connectivity index is 2.85. The van der Waals surface area contributed by atoms with Crippen LogP contribution < -0.4 is 5.32 Å². The second-order valence-corrected chi connectivity index (χ2v) is 4.99. The zero-order chi connectivity index (χ0) is 11.6. The lowest BCUT2D eigenvalue weighted by atomic mass is 10.0. The number of hydrogen-bond acceptors (Lipinski definition) is 2. The molecule has 15 heavy (non-hydrogen) atoms. The summed E-state index contributed by atoms with van der Waals surface area (Å²) in [7, 11) is 0. The van der Waals surface area contributed by atoms with Crippen LogP contribution in [0.2, 0.25) is 10.0 Å². The Morgan fingerprint density at radius 3 is 2.47 bits per heavy atom. The van der Waals surface area contributed by atoms with E-state index < -0.39 is 5.60 Å². The van der Waals surface area contributed by atoms with Gasteiger partial charge in [-0.25, -0.2) is 0 Å². The third kappa shape index (κ3) is 3.56. The van der Waals surface area contributed by atoms with Crippen molar-refractivity contribution in [3.63, 3.8) is 0 Å². The summed E-state index contributed by atoms with van der Waals surface area (Å²) < 4.78 is 0. The number of anilines is 1. The second kappa shape index (κ2) is 4.60. The zero-order valence-electron chi connectivity index (χ0n) is 9.01. The van der Waals surface area contributed by atoms with Gasteiger partial charge in [-0.15, -0.1) is 0 Å². The molecule has 2 nitrogen and oxygen atoms in total. The Hall–Kier alpha value is -0.440. The average molecular weight is 248 g/mol. The quantitative estimate of drug-likeness (QED) is 0.857. The van der Waals surface area contributed by atoms with E-state index in [0.717, 1.165) is 5.69 Å². The lowest BCUT2D eigenvalue weighted by molar-refractivity contribution is 0.0649. The molecule has 0 amide bonds. The predicted molar refractivity (Wildman–Crippen MR) is 65.8 cm³/mol. The van der Waals surface area contributed by atoms with Crippen molar-refractivity contribution in [3.8, 4) is 0 Å². The van der Waals surface area contributed by atoms with E-state index in [4.69, 9.17) is 23.2 Å². The molecule has 84 valence electrons. The molecule has 1 aromatic carbocycles. The molecule has 1 rings (SSSR count). The van der Waals surface area contributed by atoms with Crippen molar-refractivity contribution in [1.29, 1.82) is 0 Å². The molecular weight excluding hydrogens is 233 g/mol. The van der Waals surface area contributed by atoms with Crippen molar-refractivity contribution in [3.05, 3.63) is 28.2 Å². The van der Waals surface area contributed by atoms with Gasteiger partial charge in [-0.05, 0) is 39.0 Å². The molecule has 0 aliphatic heterocycles. The zero-order valence-corrected chi connectivity index (χ0v) is 10.5. The highest BCUT2D eigenvalue weighted by molar-refractivity contribution is 6.35. The standard InChI is InChI=1S/C11H15Cl2NO/c1-7(11(2,3)15)14-10-6-8(12)4-5-9(10)13/h4-7,14-15H,1-3H3. The van der Waals surface area contributed by atoms with Crippen molar-refractivity contribution in [2.75, 3.05) is 5.32 Å². The minimum Gasteiger partial charge on any atom is -0.388 e. The molecule has 0 fully saturated rings. The fraction of sp³-hybridized carbons (Fsp3) is 0.455. The molecule has 0 aromatic heterocycles. The first kappa shape index (κ1) is 12.6. The van der Waals surface area contributed by atoms with Crippen molar-refractivity contribution in [1.82, 2.24) is 0 Å². The smallest absolute Gasteiger partial charge is 0.0789 e. The molecule has 4 heteroatoms. The van der Waals surface area contributed by atoms with E-state index in [-0.39, 0.29) is 6.04 Å². The molecule has 0 radical (unpaired) electrons. The third-order valence-electron chi connectivity index (χ3n) is 2.36. The third-order valence-corrected chi connectivity index (χ3v) is 2.92. The number of nitrogens with one attached hydrogen (secondary N) is 1. The highest BCUT2D eigenvalue weighted by Crippen LogP contribution is 2.27. The molecule has 0 spiro atoms. The van der Waals surface area contributed by atoms with Crippen LogP contribution >= 0.6 is 23.2 Å². The van der Waals surface area contributed by atoms with Crippen molar-refractivity contribution < 1.29 is 5.11 Å². The van der Waals surface area contributed by atoms with Crippen LogP contribution in [0.4, 0.5) is 5.69 Å². The van der Waals surface area contributed by atoms with Crippen LogP contribution in [0, 0.1) is 0 Å². The van der Waals surface area contributed by atoms with Gasteiger partial charge in [0, 0.05) is 5.02 Å². The van der Waals surface area contributed by atoms with Crippen LogP contribution in [0.3, 0.4) is 0 Å². The van der Waals surface area contributed by atoms with Crippen LogP contribution in [-0.4, -0.2) is 16.7 Å². The number of benzene rings is 1. The first-order chi connectivity index (χ1) is 6.80. The fourth-order valence-corrected chi connectivity index (χ4v) is 1.36. The molecule has 1 aromatic rings. The van der Waals surface area contributed by atoms with Crippen LogP contribution in [0.1, 0.15) is 20.8 Å². The number of rotatable bonds is 3. The van der Waals surface area contributed by atoms with Crippen LogP contribution in [0.15, 0.2) is 18.2 Å². The highest BCUT2D eigenvalue weighted by atomic mass is 35.5. The lowest BCUT2D eigenvalue weighted by Gasteiger charge is -2.28. The Kier molecular flexibility index (Phi) is 3.87. The SMILES string of the molecule is CC(Nc1cc(Cl)ccc1Cl)C(C)(C)O. The van der Waals surface area contributed by atoms with Gasteiger partial charge in [0.05, 0.1) is 22.4 Å². The Morgan fingerprint density at radius 2 is 1.93 bits per heavy atom. The molecule has 1 atom stereocenters. The molecule has 0 bridgehead atoms. The normalized spacial score (nSPS) is 13.7. The summed E-state index contributed by atoms with van der Waals surface area (Å²) in [6, 6.07) is 5.08. The van der Waals surface area contributed by atoms with Gasteiger partial charge in [0.15, 0.2) is 0 Å². The van der Waals surface area contributed by atoms with Gasteiger partial charge >= 0.3 is 0 Å². The summed E-state index contributed by atoms with van der Waals surface area (Å²) >= 11 is 11.8. The van der Waals surface area contributed by atoms with Gasteiger partial charge < -0.3 is 10.4 Å². The second-order valence-electron chi connectivity index (χ2n) is 4.14. The average Bonchev–Trinajstić information content (AvgIpc) is 2.09. The lowest BCUT2D eigenvalue weighted by Crippen LogP contribution is -2.39. The minimum atomic E-state index is -0.814. The maximum atomic E-state index is 9.77. The fourth-order valence-electron chi connectivity index (χ4n) is 1.02. The molecule has 0 aliphatic carbocycles. The van der Waals surface area contributed by atoms with Gasteiger partial charge in [0.2, 0.25) is 0 Å².